The molecule has 0 radical (unpaired) electrons. The second-order valence-corrected chi connectivity index (χ2v) is 7.22. The molecule has 7 heteroatoms. The largest absolute Gasteiger partial charge is 0.328 e. The number of benzene rings is 1. The topological polar surface area (TPSA) is 82.3 Å². The lowest BCUT2D eigenvalue weighted by Crippen LogP contribution is -2.35. The molecule has 1 aliphatic heterocycles. The smallest absolute Gasteiger partial charge is 0.268 e. The Bertz CT molecular complexity index is 1040. The van der Waals surface area contributed by atoms with Crippen LogP contribution in [0.4, 0.5) is 11.4 Å². The third-order valence-electron chi connectivity index (χ3n) is 4.48. The molecule has 0 aliphatic carbocycles. The van der Waals surface area contributed by atoms with Crippen molar-refractivity contribution in [1.29, 1.82) is 0 Å². The number of aromatic amines is 1. The van der Waals surface area contributed by atoms with Gasteiger partial charge in [-0.15, -0.1) is 11.3 Å². The Morgan fingerprint density at radius 2 is 2.04 bits per heavy atom. The molecule has 1 aromatic carbocycles. The lowest BCUT2D eigenvalue weighted by molar-refractivity contribution is 0.0987. The summed E-state index contributed by atoms with van der Waals surface area (Å²) in [4.78, 5) is 41.2. The predicted molar refractivity (Wildman–Crippen MR) is 106 cm³/mol. The van der Waals surface area contributed by atoms with Crippen molar-refractivity contribution in [2.45, 2.75) is 12.8 Å². The van der Waals surface area contributed by atoms with E-state index in [1.807, 2.05) is 29.6 Å². The van der Waals surface area contributed by atoms with Crippen molar-refractivity contribution in [3.05, 3.63) is 80.4 Å². The van der Waals surface area contributed by atoms with Crippen LogP contribution in [0.1, 0.15) is 32.0 Å². The van der Waals surface area contributed by atoms with Crippen molar-refractivity contribution < 1.29 is 9.59 Å². The molecule has 136 valence electrons. The summed E-state index contributed by atoms with van der Waals surface area (Å²) in [6.45, 7) is 0.687. The van der Waals surface area contributed by atoms with Crippen LogP contribution in [0.3, 0.4) is 0 Å². The van der Waals surface area contributed by atoms with E-state index in [0.29, 0.717) is 17.8 Å². The van der Waals surface area contributed by atoms with Gasteiger partial charge in [0.25, 0.3) is 11.8 Å². The van der Waals surface area contributed by atoms with Gasteiger partial charge in [0.2, 0.25) is 5.56 Å². The molecule has 0 spiro atoms. The highest BCUT2D eigenvalue weighted by molar-refractivity contribution is 7.12. The van der Waals surface area contributed by atoms with Crippen molar-refractivity contribution in [3.8, 4) is 0 Å². The van der Waals surface area contributed by atoms with Crippen LogP contribution >= 0.6 is 11.3 Å². The summed E-state index contributed by atoms with van der Waals surface area (Å²) in [5.41, 5.74) is 2.71. The standard InChI is InChI=1S/C20H17N3O3S/c24-18-8-5-14(12-21-18)19(25)22-15-6-7-16-13(11-15)3-1-9-23(16)20(26)17-4-2-10-27-17/h2,4-8,10-12H,1,3,9H2,(H,21,24)(H,22,25). The van der Waals surface area contributed by atoms with Crippen molar-refractivity contribution >= 4 is 34.5 Å². The van der Waals surface area contributed by atoms with Gasteiger partial charge in [0.15, 0.2) is 0 Å². The summed E-state index contributed by atoms with van der Waals surface area (Å²) in [5.74, 6) is -0.287. The number of nitrogens with one attached hydrogen (secondary N) is 2. The summed E-state index contributed by atoms with van der Waals surface area (Å²) in [6, 6.07) is 12.1. The molecule has 4 rings (SSSR count). The number of H-pyrrole nitrogens is 1. The maximum atomic E-state index is 12.7. The molecule has 0 bridgehead atoms. The Morgan fingerprint density at radius 1 is 1.15 bits per heavy atom. The van der Waals surface area contributed by atoms with E-state index in [9.17, 15) is 14.4 Å². The molecule has 0 fully saturated rings. The van der Waals surface area contributed by atoms with Crippen molar-refractivity contribution in [1.82, 2.24) is 4.98 Å². The normalized spacial score (nSPS) is 13.1. The number of rotatable bonds is 3. The fourth-order valence-corrected chi connectivity index (χ4v) is 3.85. The zero-order valence-electron chi connectivity index (χ0n) is 14.4. The predicted octanol–water partition coefficient (Wildman–Crippen LogP) is 3.28. The van der Waals surface area contributed by atoms with Gasteiger partial charge in [-0.25, -0.2) is 0 Å². The third-order valence-corrected chi connectivity index (χ3v) is 5.34. The van der Waals surface area contributed by atoms with E-state index in [1.54, 1.807) is 11.0 Å². The first-order chi connectivity index (χ1) is 13.1. The van der Waals surface area contributed by atoms with E-state index in [2.05, 4.69) is 10.3 Å². The number of nitrogens with zero attached hydrogens (tertiary/aromatic N) is 1. The molecular formula is C20H17N3O3S. The van der Waals surface area contributed by atoms with Crippen LogP contribution < -0.4 is 15.8 Å². The van der Waals surface area contributed by atoms with Crippen molar-refractivity contribution in [3.63, 3.8) is 0 Å². The number of anilines is 2. The summed E-state index contributed by atoms with van der Waals surface area (Å²) >= 11 is 1.44. The fourth-order valence-electron chi connectivity index (χ4n) is 3.17. The average molecular weight is 379 g/mol. The molecule has 3 aromatic rings. The van der Waals surface area contributed by atoms with Crippen molar-refractivity contribution in [2.75, 3.05) is 16.8 Å². The van der Waals surface area contributed by atoms with Gasteiger partial charge < -0.3 is 15.2 Å². The first-order valence-corrected chi connectivity index (χ1v) is 9.48. The Hall–Kier alpha value is -3.19. The number of fused-ring (bicyclic) bond motifs is 1. The van der Waals surface area contributed by atoms with Crippen LogP contribution in [0.25, 0.3) is 0 Å². The number of hydrogen-bond acceptors (Lipinski definition) is 4. The summed E-state index contributed by atoms with van der Waals surface area (Å²) in [5, 5.41) is 4.73. The average Bonchev–Trinajstić information content (AvgIpc) is 3.22. The SMILES string of the molecule is O=C(Nc1ccc2c(c1)CCCN2C(=O)c1cccs1)c1ccc(=O)[nH]c1. The Morgan fingerprint density at radius 3 is 2.78 bits per heavy atom. The Kier molecular flexibility index (Phi) is 4.60. The van der Waals surface area contributed by atoms with Crippen LogP contribution in [0, 0.1) is 0 Å². The van der Waals surface area contributed by atoms with E-state index in [0.717, 1.165) is 29.0 Å². The number of thiophene rings is 1. The maximum absolute atomic E-state index is 12.7. The van der Waals surface area contributed by atoms with Crippen LogP contribution in [-0.2, 0) is 6.42 Å². The number of hydrogen-bond donors (Lipinski definition) is 2. The lowest BCUT2D eigenvalue weighted by Gasteiger charge is -2.29. The number of pyridine rings is 1. The Labute approximate surface area is 159 Å². The minimum absolute atomic E-state index is 0.0102. The van der Waals surface area contributed by atoms with Gasteiger partial charge in [-0.2, -0.15) is 0 Å². The van der Waals surface area contributed by atoms with E-state index in [1.165, 1.54) is 29.7 Å². The summed E-state index contributed by atoms with van der Waals surface area (Å²) in [6.07, 6.45) is 3.12. The van der Waals surface area contributed by atoms with Crippen LogP contribution in [0.2, 0.25) is 0 Å². The zero-order chi connectivity index (χ0) is 18.8. The molecule has 3 heterocycles. The maximum Gasteiger partial charge on any atom is 0.268 e. The molecule has 0 unspecified atom stereocenters. The molecule has 0 saturated heterocycles. The van der Waals surface area contributed by atoms with E-state index >= 15 is 0 Å². The quantitative estimate of drug-likeness (QED) is 0.733. The fraction of sp³-hybridized carbons (Fsp3) is 0.150. The van der Waals surface area contributed by atoms with E-state index < -0.39 is 0 Å². The highest BCUT2D eigenvalue weighted by Gasteiger charge is 2.24. The van der Waals surface area contributed by atoms with Crippen LogP contribution in [0.15, 0.2) is 58.8 Å². The Balaban J connectivity index is 1.56. The first-order valence-electron chi connectivity index (χ1n) is 8.60. The van der Waals surface area contributed by atoms with Gasteiger partial charge in [0, 0.05) is 30.2 Å². The van der Waals surface area contributed by atoms with Crippen molar-refractivity contribution in [2.24, 2.45) is 0 Å². The van der Waals surface area contributed by atoms with Crippen LogP contribution in [-0.4, -0.2) is 23.3 Å². The van der Waals surface area contributed by atoms with Gasteiger partial charge in [-0.05, 0) is 54.1 Å². The van der Waals surface area contributed by atoms with E-state index in [4.69, 9.17) is 0 Å². The number of aromatic nitrogens is 1. The van der Waals surface area contributed by atoms with Gasteiger partial charge in [-0.3, -0.25) is 14.4 Å². The summed E-state index contributed by atoms with van der Waals surface area (Å²) in [7, 11) is 0. The molecule has 0 atom stereocenters. The summed E-state index contributed by atoms with van der Waals surface area (Å²) < 4.78 is 0. The molecule has 0 saturated carbocycles. The zero-order valence-corrected chi connectivity index (χ0v) is 15.2. The minimum atomic E-state index is -0.298. The second-order valence-electron chi connectivity index (χ2n) is 6.28. The van der Waals surface area contributed by atoms with Gasteiger partial charge in [0.1, 0.15) is 0 Å². The molecular weight excluding hydrogens is 362 g/mol. The molecule has 2 aromatic heterocycles. The minimum Gasteiger partial charge on any atom is -0.328 e. The second kappa shape index (κ2) is 7.20. The molecule has 6 nitrogen and oxygen atoms in total. The first kappa shape index (κ1) is 17.2. The van der Waals surface area contributed by atoms with Gasteiger partial charge in [0.05, 0.1) is 10.4 Å². The third kappa shape index (κ3) is 3.54. The highest BCUT2D eigenvalue weighted by atomic mass is 32.1. The number of aryl methyl sites for hydroxylation is 1. The van der Waals surface area contributed by atoms with Gasteiger partial charge >= 0.3 is 0 Å². The van der Waals surface area contributed by atoms with Crippen LogP contribution in [0.5, 0.6) is 0 Å². The molecule has 27 heavy (non-hydrogen) atoms. The van der Waals surface area contributed by atoms with Gasteiger partial charge in [-0.1, -0.05) is 6.07 Å². The highest BCUT2D eigenvalue weighted by Crippen LogP contribution is 2.31. The molecule has 1 aliphatic rings. The molecule has 2 N–H and O–H groups in total. The van der Waals surface area contributed by atoms with E-state index in [-0.39, 0.29) is 17.4 Å². The lowest BCUT2D eigenvalue weighted by atomic mass is 10.0. The number of amides is 2. The number of carbonyl (C=O) groups is 2. The number of carbonyl (C=O) groups excluding carboxylic acids is 2. The molecule has 2 amide bonds. The monoisotopic (exact) mass is 379 g/mol.